The van der Waals surface area contributed by atoms with Gasteiger partial charge in [-0.3, -0.25) is 0 Å². The van der Waals surface area contributed by atoms with Crippen LogP contribution in [0.15, 0.2) is 4.42 Å². The highest BCUT2D eigenvalue weighted by Crippen LogP contribution is 2.32. The smallest absolute Gasteiger partial charge is 0.195 e. The minimum Gasteiger partial charge on any atom is -0.455 e. The Bertz CT molecular complexity index is 514. The average molecular weight is 205 g/mol. The Labute approximate surface area is 88.5 Å². The van der Waals surface area contributed by atoms with E-state index in [1.54, 1.807) is 0 Å². The second-order valence-corrected chi connectivity index (χ2v) is 4.06. The summed E-state index contributed by atoms with van der Waals surface area (Å²) in [7, 11) is 0. The molecule has 0 aromatic carbocycles. The van der Waals surface area contributed by atoms with Crippen LogP contribution in [0.2, 0.25) is 0 Å². The van der Waals surface area contributed by atoms with Crippen LogP contribution in [0.1, 0.15) is 36.9 Å². The van der Waals surface area contributed by atoms with Crippen molar-refractivity contribution in [2.24, 2.45) is 0 Å². The number of hydrogen-bond acceptors (Lipinski definition) is 4. The fourth-order valence-corrected chi connectivity index (χ4v) is 1.92. The lowest BCUT2D eigenvalue weighted by Gasteiger charge is -2.02. The van der Waals surface area contributed by atoms with E-state index in [2.05, 4.69) is 23.8 Å². The van der Waals surface area contributed by atoms with Crippen molar-refractivity contribution in [1.82, 2.24) is 9.97 Å². The molecule has 0 aliphatic heterocycles. The molecule has 0 saturated carbocycles. The van der Waals surface area contributed by atoms with E-state index in [1.165, 1.54) is 0 Å². The molecule has 15 heavy (non-hydrogen) atoms. The van der Waals surface area contributed by atoms with Crippen molar-refractivity contribution >= 4 is 16.9 Å². The topological polar surface area (TPSA) is 64.9 Å². The van der Waals surface area contributed by atoms with Crippen LogP contribution in [-0.2, 0) is 0 Å². The molecule has 0 aliphatic carbocycles. The molecule has 0 radical (unpaired) electrons. The maximum absolute atomic E-state index is 5.79. The van der Waals surface area contributed by atoms with Crippen LogP contribution in [0.4, 0.5) is 5.82 Å². The summed E-state index contributed by atoms with van der Waals surface area (Å²) in [6, 6.07) is 0. The standard InChI is InChI=1S/C11H15N3O/c1-5(2)8-6(3)15-10-9(8)13-7(4)14-11(10)12/h5H,1-4H3,(H2,12,13,14). The Morgan fingerprint density at radius 2 is 1.87 bits per heavy atom. The minimum absolute atomic E-state index is 0.375. The average Bonchev–Trinajstić information content (AvgIpc) is 2.41. The van der Waals surface area contributed by atoms with Crippen molar-refractivity contribution in [3.63, 3.8) is 0 Å². The number of fused-ring (bicyclic) bond motifs is 1. The zero-order valence-electron chi connectivity index (χ0n) is 9.46. The molecule has 0 spiro atoms. The molecule has 0 atom stereocenters. The fourth-order valence-electron chi connectivity index (χ4n) is 1.92. The molecule has 80 valence electrons. The van der Waals surface area contributed by atoms with E-state index < -0.39 is 0 Å². The molecule has 0 saturated heterocycles. The van der Waals surface area contributed by atoms with E-state index in [9.17, 15) is 0 Å². The maximum Gasteiger partial charge on any atom is 0.195 e. The van der Waals surface area contributed by atoms with Crippen LogP contribution in [-0.4, -0.2) is 9.97 Å². The number of nitrogen functional groups attached to an aromatic ring is 1. The molecule has 2 N–H and O–H groups in total. The molecule has 2 rings (SSSR count). The van der Waals surface area contributed by atoms with Crippen molar-refractivity contribution in [3.8, 4) is 0 Å². The van der Waals surface area contributed by atoms with Gasteiger partial charge in [0, 0.05) is 5.56 Å². The number of rotatable bonds is 1. The van der Waals surface area contributed by atoms with Gasteiger partial charge in [-0.2, -0.15) is 0 Å². The number of anilines is 1. The Morgan fingerprint density at radius 1 is 1.20 bits per heavy atom. The van der Waals surface area contributed by atoms with Gasteiger partial charge in [0.2, 0.25) is 0 Å². The quantitative estimate of drug-likeness (QED) is 0.777. The number of aromatic nitrogens is 2. The van der Waals surface area contributed by atoms with E-state index in [0.29, 0.717) is 23.1 Å². The summed E-state index contributed by atoms with van der Waals surface area (Å²) in [6.07, 6.45) is 0. The molecular formula is C11H15N3O. The number of hydrogen-bond donors (Lipinski definition) is 1. The Balaban J connectivity index is 2.86. The Morgan fingerprint density at radius 3 is 2.47 bits per heavy atom. The third-order valence-electron chi connectivity index (χ3n) is 2.47. The first-order valence-electron chi connectivity index (χ1n) is 5.03. The predicted molar refractivity (Wildman–Crippen MR) is 59.8 cm³/mol. The molecule has 0 fully saturated rings. The number of nitrogens with two attached hydrogens (primary N) is 1. The predicted octanol–water partition coefficient (Wildman–Crippen LogP) is 2.55. The van der Waals surface area contributed by atoms with Crippen LogP contribution in [0, 0.1) is 13.8 Å². The molecule has 2 heterocycles. The summed E-state index contributed by atoms with van der Waals surface area (Å²) >= 11 is 0. The van der Waals surface area contributed by atoms with Gasteiger partial charge in [0.15, 0.2) is 11.4 Å². The molecule has 4 nitrogen and oxygen atoms in total. The highest BCUT2D eigenvalue weighted by molar-refractivity contribution is 5.86. The summed E-state index contributed by atoms with van der Waals surface area (Å²) in [4.78, 5) is 8.48. The lowest BCUT2D eigenvalue weighted by Crippen LogP contribution is -1.97. The Kier molecular flexibility index (Phi) is 2.14. The van der Waals surface area contributed by atoms with Crippen LogP contribution in [0.25, 0.3) is 11.1 Å². The van der Waals surface area contributed by atoms with Gasteiger partial charge in [-0.05, 0) is 19.8 Å². The lowest BCUT2D eigenvalue weighted by molar-refractivity contribution is 0.568. The zero-order valence-corrected chi connectivity index (χ0v) is 9.46. The fraction of sp³-hybridized carbons (Fsp3) is 0.455. The van der Waals surface area contributed by atoms with Crippen LogP contribution in [0.3, 0.4) is 0 Å². The van der Waals surface area contributed by atoms with Crippen LogP contribution < -0.4 is 5.73 Å². The molecule has 4 heteroatoms. The van der Waals surface area contributed by atoms with E-state index in [1.807, 2.05) is 13.8 Å². The summed E-state index contributed by atoms with van der Waals surface area (Å²) in [5, 5.41) is 0. The highest BCUT2D eigenvalue weighted by Gasteiger charge is 2.18. The second kappa shape index (κ2) is 3.22. The first-order chi connectivity index (χ1) is 7.00. The van der Waals surface area contributed by atoms with Gasteiger partial charge in [-0.15, -0.1) is 0 Å². The Hall–Kier alpha value is -1.58. The molecule has 0 amide bonds. The van der Waals surface area contributed by atoms with Crippen LogP contribution >= 0.6 is 0 Å². The summed E-state index contributed by atoms with van der Waals surface area (Å²) in [6.45, 7) is 8.00. The maximum atomic E-state index is 5.79. The van der Waals surface area contributed by atoms with Gasteiger partial charge in [0.25, 0.3) is 0 Å². The molecule has 0 bridgehead atoms. The zero-order chi connectivity index (χ0) is 11.2. The number of aryl methyl sites for hydroxylation is 2. The van der Waals surface area contributed by atoms with Gasteiger partial charge < -0.3 is 10.2 Å². The van der Waals surface area contributed by atoms with Crippen molar-refractivity contribution in [2.45, 2.75) is 33.6 Å². The van der Waals surface area contributed by atoms with Gasteiger partial charge in [0.1, 0.15) is 17.1 Å². The van der Waals surface area contributed by atoms with E-state index in [4.69, 9.17) is 10.2 Å². The van der Waals surface area contributed by atoms with Gasteiger partial charge in [-0.25, -0.2) is 9.97 Å². The third-order valence-corrected chi connectivity index (χ3v) is 2.47. The summed E-state index contributed by atoms with van der Waals surface area (Å²) in [5.41, 5.74) is 8.39. The molecule has 0 aliphatic rings. The van der Waals surface area contributed by atoms with Crippen molar-refractivity contribution in [1.29, 1.82) is 0 Å². The second-order valence-electron chi connectivity index (χ2n) is 4.06. The molecule has 0 unspecified atom stereocenters. The third kappa shape index (κ3) is 1.46. The van der Waals surface area contributed by atoms with Crippen molar-refractivity contribution < 1.29 is 4.42 Å². The minimum atomic E-state index is 0.375. The van der Waals surface area contributed by atoms with Gasteiger partial charge in [0.05, 0.1) is 0 Å². The first-order valence-corrected chi connectivity index (χ1v) is 5.03. The van der Waals surface area contributed by atoms with Crippen molar-refractivity contribution in [3.05, 3.63) is 17.1 Å². The molecular weight excluding hydrogens is 190 g/mol. The van der Waals surface area contributed by atoms with Crippen LogP contribution in [0.5, 0.6) is 0 Å². The molecule has 2 aromatic rings. The number of nitrogens with zero attached hydrogens (tertiary/aromatic N) is 2. The largest absolute Gasteiger partial charge is 0.455 e. The molecule has 2 aromatic heterocycles. The normalized spacial score (nSPS) is 11.5. The van der Waals surface area contributed by atoms with Crippen molar-refractivity contribution in [2.75, 3.05) is 5.73 Å². The van der Waals surface area contributed by atoms with Gasteiger partial charge >= 0.3 is 0 Å². The summed E-state index contributed by atoms with van der Waals surface area (Å²) in [5.74, 6) is 2.36. The first kappa shape index (κ1) is 9.96. The van der Waals surface area contributed by atoms with Gasteiger partial charge in [-0.1, -0.05) is 13.8 Å². The van der Waals surface area contributed by atoms with E-state index in [-0.39, 0.29) is 0 Å². The van der Waals surface area contributed by atoms with E-state index >= 15 is 0 Å². The monoisotopic (exact) mass is 205 g/mol. The SMILES string of the molecule is Cc1nc(N)c2oc(C)c(C(C)C)c2n1. The lowest BCUT2D eigenvalue weighted by atomic mass is 10.0. The highest BCUT2D eigenvalue weighted by atomic mass is 16.3. The van der Waals surface area contributed by atoms with E-state index in [0.717, 1.165) is 16.8 Å². The number of furan rings is 1. The summed E-state index contributed by atoms with van der Waals surface area (Å²) < 4.78 is 5.60.